The molecule has 3 atom stereocenters. The van der Waals surface area contributed by atoms with Gasteiger partial charge in [0, 0.05) is 5.92 Å². The predicted octanol–water partition coefficient (Wildman–Crippen LogP) is 4.11. The van der Waals surface area contributed by atoms with Crippen LogP contribution in [0.25, 0.3) is 0 Å². The summed E-state index contributed by atoms with van der Waals surface area (Å²) in [5.74, 6) is 2.24. The highest BCUT2D eigenvalue weighted by Gasteiger charge is 2.91. The molecule has 0 aromatic heterocycles. The molecular weight excluding hydrogens is 432 g/mol. The van der Waals surface area contributed by atoms with Crippen LogP contribution >= 0.6 is 39.5 Å². The van der Waals surface area contributed by atoms with Crippen LogP contribution in [0.4, 0.5) is 0 Å². The number of aliphatic imine (C=N–C) groups is 1. The van der Waals surface area contributed by atoms with Crippen molar-refractivity contribution in [2.24, 2.45) is 21.6 Å². The zero-order valence-electron chi connectivity index (χ0n) is 14.7. The molecule has 1 aromatic rings. The molecule has 1 aliphatic carbocycles. The second kappa shape index (κ2) is 6.67. The van der Waals surface area contributed by atoms with Crippen LogP contribution in [0.1, 0.15) is 25.3 Å². The van der Waals surface area contributed by atoms with Crippen LogP contribution in [0.15, 0.2) is 27.7 Å². The molecule has 1 fully saturated rings. The van der Waals surface area contributed by atoms with Crippen molar-refractivity contribution in [1.29, 1.82) is 10.5 Å². The average molecular weight is 451 g/mol. The van der Waals surface area contributed by atoms with E-state index in [0.29, 0.717) is 5.75 Å². The van der Waals surface area contributed by atoms with Gasteiger partial charge >= 0.3 is 0 Å². The van der Waals surface area contributed by atoms with E-state index in [0.717, 1.165) is 21.5 Å². The number of fused-ring (bicyclic) bond motifs is 1. The predicted molar refractivity (Wildman–Crippen MR) is 110 cm³/mol. The van der Waals surface area contributed by atoms with Crippen molar-refractivity contribution in [2.75, 3.05) is 18.6 Å². The molecule has 5 nitrogen and oxygen atoms in total. The molecule has 0 saturated heterocycles. The molecule has 2 aliphatic rings. The third-order valence-electron chi connectivity index (χ3n) is 5.12. The number of hydrogen-bond acceptors (Lipinski definition) is 7. The summed E-state index contributed by atoms with van der Waals surface area (Å²) in [6.07, 6.45) is 0. The Morgan fingerprint density at radius 1 is 1.27 bits per heavy atom. The lowest BCUT2D eigenvalue weighted by atomic mass is 9.97. The Bertz CT molecular complexity index is 856. The third kappa shape index (κ3) is 2.13. The van der Waals surface area contributed by atoms with Crippen LogP contribution < -0.4 is 10.5 Å². The van der Waals surface area contributed by atoms with Gasteiger partial charge in [0.1, 0.15) is 22.4 Å². The molecule has 26 heavy (non-hydrogen) atoms. The van der Waals surface area contributed by atoms with Crippen LogP contribution in [0, 0.1) is 33.5 Å². The maximum atomic E-state index is 10.3. The van der Waals surface area contributed by atoms with E-state index in [9.17, 15) is 10.5 Å². The summed E-state index contributed by atoms with van der Waals surface area (Å²) in [5.41, 5.74) is 5.14. The van der Waals surface area contributed by atoms with Gasteiger partial charge in [0.05, 0.1) is 23.7 Å². The summed E-state index contributed by atoms with van der Waals surface area (Å²) in [5, 5.41) is 20.4. The van der Waals surface area contributed by atoms with Gasteiger partial charge in [-0.1, -0.05) is 19.9 Å². The Labute approximate surface area is 170 Å². The first kappa shape index (κ1) is 19.4. The van der Waals surface area contributed by atoms with Gasteiger partial charge in [-0.05, 0) is 45.1 Å². The molecule has 3 unspecified atom stereocenters. The topological polar surface area (TPSA) is 95.2 Å². The quantitative estimate of drug-likeness (QED) is 0.655. The molecular formula is C18H19BrN4OS2. The molecule has 0 amide bonds. The zero-order valence-corrected chi connectivity index (χ0v) is 18.0. The maximum absolute atomic E-state index is 10.3. The van der Waals surface area contributed by atoms with E-state index in [-0.39, 0.29) is 11.8 Å². The summed E-state index contributed by atoms with van der Waals surface area (Å²) in [7, 11) is 1.60. The number of halogens is 1. The molecule has 136 valence electrons. The molecule has 0 bridgehead atoms. The molecule has 8 heteroatoms. The largest absolute Gasteiger partial charge is 0.496 e. The minimum Gasteiger partial charge on any atom is -0.496 e. The Balaban J connectivity index is 2.20. The van der Waals surface area contributed by atoms with Gasteiger partial charge in [-0.15, -0.1) is 23.5 Å². The summed E-state index contributed by atoms with van der Waals surface area (Å²) < 4.78 is 5.33. The smallest absolute Gasteiger partial charge is 0.175 e. The lowest BCUT2D eigenvalue weighted by molar-refractivity contribution is 0.412. The third-order valence-corrected chi connectivity index (χ3v) is 8.63. The van der Waals surface area contributed by atoms with Crippen LogP contribution in [0.2, 0.25) is 0 Å². The maximum Gasteiger partial charge on any atom is 0.175 e. The fourth-order valence-electron chi connectivity index (χ4n) is 4.11. The highest BCUT2D eigenvalue weighted by Crippen LogP contribution is 2.85. The summed E-state index contributed by atoms with van der Waals surface area (Å²) >= 11 is 6.70. The van der Waals surface area contributed by atoms with E-state index in [1.54, 1.807) is 30.6 Å². The Morgan fingerprint density at radius 3 is 2.38 bits per heavy atom. The van der Waals surface area contributed by atoms with E-state index in [1.807, 2.05) is 32.0 Å². The number of rotatable bonds is 6. The van der Waals surface area contributed by atoms with Crippen molar-refractivity contribution in [3.63, 3.8) is 0 Å². The number of thioether (sulfide) groups is 2. The van der Waals surface area contributed by atoms with Crippen molar-refractivity contribution in [1.82, 2.24) is 0 Å². The number of nitriles is 2. The SMILES string of the molecule is CCSC1(SCC)N=C(N)C2(C#N)C(c3ccc(OC)c(Br)c3)C12C#N. The molecule has 2 N–H and O–H groups in total. The van der Waals surface area contributed by atoms with Gasteiger partial charge in [0.15, 0.2) is 4.20 Å². The molecule has 1 heterocycles. The molecule has 0 spiro atoms. The van der Waals surface area contributed by atoms with E-state index < -0.39 is 15.0 Å². The Morgan fingerprint density at radius 2 is 1.92 bits per heavy atom. The highest BCUT2D eigenvalue weighted by atomic mass is 79.9. The van der Waals surface area contributed by atoms with Gasteiger partial charge in [0.25, 0.3) is 0 Å². The number of nitrogens with zero attached hydrogens (tertiary/aromatic N) is 3. The van der Waals surface area contributed by atoms with Crippen molar-refractivity contribution in [2.45, 2.75) is 24.0 Å². The second-order valence-electron chi connectivity index (χ2n) is 6.11. The molecule has 1 saturated carbocycles. The summed E-state index contributed by atoms with van der Waals surface area (Å²) in [6.45, 7) is 4.07. The molecule has 3 rings (SSSR count). The molecule has 0 radical (unpaired) electrons. The Kier molecular flexibility index (Phi) is 4.98. The fourth-order valence-corrected chi connectivity index (χ4v) is 7.92. The number of benzene rings is 1. The minimum atomic E-state index is -1.08. The lowest BCUT2D eigenvalue weighted by Gasteiger charge is -2.31. The number of hydrogen-bond donors (Lipinski definition) is 1. The van der Waals surface area contributed by atoms with Crippen LogP contribution in [-0.2, 0) is 0 Å². The first-order valence-corrected chi connectivity index (χ1v) is 11.0. The first-order valence-electron chi connectivity index (χ1n) is 8.24. The van der Waals surface area contributed by atoms with Crippen molar-refractivity contribution >= 4 is 45.3 Å². The van der Waals surface area contributed by atoms with Crippen molar-refractivity contribution < 1.29 is 4.74 Å². The minimum absolute atomic E-state index is 0.278. The van der Waals surface area contributed by atoms with E-state index in [2.05, 4.69) is 33.1 Å². The molecule has 1 aromatic carbocycles. The standard InChI is InChI=1S/C18H19BrN4OS2/c1-4-25-18(26-5-2)17(10-21)14(16(17,9-20)15(22)23-18)11-6-7-13(24-3)12(19)8-11/h6-8,14H,4-5H2,1-3H3,(H2,22,23). The van der Waals surface area contributed by atoms with Crippen molar-refractivity contribution in [3.05, 3.63) is 28.2 Å². The van der Waals surface area contributed by atoms with Crippen LogP contribution in [0.5, 0.6) is 5.75 Å². The monoisotopic (exact) mass is 450 g/mol. The van der Waals surface area contributed by atoms with Gasteiger partial charge in [-0.3, -0.25) is 0 Å². The van der Waals surface area contributed by atoms with E-state index >= 15 is 0 Å². The van der Waals surface area contributed by atoms with Crippen LogP contribution in [-0.4, -0.2) is 28.7 Å². The highest BCUT2D eigenvalue weighted by molar-refractivity contribution is 9.10. The second-order valence-corrected chi connectivity index (χ2v) is 10.1. The number of methoxy groups -OCH3 is 1. The summed E-state index contributed by atoms with van der Waals surface area (Å²) in [6, 6.07) is 10.5. The van der Waals surface area contributed by atoms with Gasteiger partial charge in [-0.25, -0.2) is 4.99 Å². The zero-order chi connectivity index (χ0) is 19.2. The van der Waals surface area contributed by atoms with Gasteiger partial charge < -0.3 is 10.5 Å². The number of ether oxygens (including phenoxy) is 1. The number of nitrogens with two attached hydrogens (primary N) is 1. The normalized spacial score (nSPS) is 30.7. The Hall–Kier alpha value is -1.35. The van der Waals surface area contributed by atoms with Gasteiger partial charge in [-0.2, -0.15) is 10.5 Å². The fraction of sp³-hybridized carbons (Fsp3) is 0.500. The van der Waals surface area contributed by atoms with Crippen molar-refractivity contribution in [3.8, 4) is 17.9 Å². The van der Waals surface area contributed by atoms with E-state index in [4.69, 9.17) is 10.5 Å². The van der Waals surface area contributed by atoms with E-state index in [1.165, 1.54) is 0 Å². The van der Waals surface area contributed by atoms with Gasteiger partial charge in [0.2, 0.25) is 0 Å². The average Bonchev–Trinajstić information content (AvgIpc) is 3.21. The number of amidine groups is 1. The lowest BCUT2D eigenvalue weighted by Crippen LogP contribution is -2.31. The molecule has 1 aliphatic heterocycles. The van der Waals surface area contributed by atoms with Crippen LogP contribution in [0.3, 0.4) is 0 Å². The first-order chi connectivity index (χ1) is 12.4. The summed E-state index contributed by atoms with van der Waals surface area (Å²) in [4.78, 5) is 4.69.